The van der Waals surface area contributed by atoms with Gasteiger partial charge in [-0.05, 0) is 37.3 Å². The average Bonchev–Trinajstić information content (AvgIpc) is 2.79. The average molecular weight is 239 g/mol. The monoisotopic (exact) mass is 239 g/mol. The standard InChI is InChI=1S/C15H13NO2/c17-15-14-13(9-5-1-3-7-11(9)16-14)10-6-2-4-8-12(10)18-15/h2,4,6,8,16H,1,3,5,7H2. The predicted molar refractivity (Wildman–Crippen MR) is 71.0 cm³/mol. The van der Waals surface area contributed by atoms with Gasteiger partial charge in [0.1, 0.15) is 11.1 Å². The van der Waals surface area contributed by atoms with Gasteiger partial charge in [0.05, 0.1) is 0 Å². The number of fused-ring (bicyclic) bond motifs is 5. The second-order valence-electron chi connectivity index (χ2n) is 4.92. The van der Waals surface area contributed by atoms with Crippen LogP contribution in [0.3, 0.4) is 0 Å². The minimum absolute atomic E-state index is 0.252. The number of aromatic amines is 1. The molecule has 0 unspecified atom stereocenters. The van der Waals surface area contributed by atoms with E-state index in [9.17, 15) is 4.79 Å². The van der Waals surface area contributed by atoms with Crippen LogP contribution >= 0.6 is 0 Å². The minimum atomic E-state index is -0.252. The van der Waals surface area contributed by atoms with E-state index in [2.05, 4.69) is 4.98 Å². The Morgan fingerprint density at radius 1 is 1.11 bits per heavy atom. The van der Waals surface area contributed by atoms with Gasteiger partial charge in [-0.25, -0.2) is 4.79 Å². The molecule has 0 fully saturated rings. The molecule has 90 valence electrons. The molecule has 1 aliphatic rings. The first-order valence-electron chi connectivity index (χ1n) is 6.40. The summed E-state index contributed by atoms with van der Waals surface area (Å²) in [4.78, 5) is 15.3. The summed E-state index contributed by atoms with van der Waals surface area (Å²) >= 11 is 0. The Balaban J connectivity index is 2.27. The first kappa shape index (κ1) is 9.95. The maximum absolute atomic E-state index is 12.0. The van der Waals surface area contributed by atoms with Crippen molar-refractivity contribution in [2.75, 3.05) is 0 Å². The van der Waals surface area contributed by atoms with Crippen LogP contribution in [0.15, 0.2) is 33.5 Å². The van der Waals surface area contributed by atoms with Crippen molar-refractivity contribution in [1.29, 1.82) is 0 Å². The summed E-state index contributed by atoms with van der Waals surface area (Å²) in [6.45, 7) is 0. The number of nitrogens with one attached hydrogen (secondary N) is 1. The second kappa shape index (κ2) is 3.48. The van der Waals surface area contributed by atoms with Gasteiger partial charge in [-0.15, -0.1) is 0 Å². The van der Waals surface area contributed by atoms with Crippen LogP contribution in [0, 0.1) is 0 Å². The molecule has 0 bridgehead atoms. The Morgan fingerprint density at radius 3 is 2.89 bits per heavy atom. The molecule has 0 saturated heterocycles. The van der Waals surface area contributed by atoms with E-state index in [1.807, 2.05) is 24.3 Å². The van der Waals surface area contributed by atoms with Gasteiger partial charge in [-0.3, -0.25) is 0 Å². The SMILES string of the molecule is O=c1oc2ccccc2c2c3c([nH]c12)CCCC3. The van der Waals surface area contributed by atoms with Crippen LogP contribution in [0.2, 0.25) is 0 Å². The lowest BCUT2D eigenvalue weighted by molar-refractivity contribution is 0.568. The highest BCUT2D eigenvalue weighted by Gasteiger charge is 2.19. The third-order valence-electron chi connectivity index (χ3n) is 3.86. The van der Waals surface area contributed by atoms with Crippen molar-refractivity contribution in [3.63, 3.8) is 0 Å². The molecule has 2 heterocycles. The maximum atomic E-state index is 12.0. The van der Waals surface area contributed by atoms with Gasteiger partial charge >= 0.3 is 5.63 Å². The lowest BCUT2D eigenvalue weighted by Crippen LogP contribution is -2.00. The fourth-order valence-electron chi connectivity index (χ4n) is 3.05. The van der Waals surface area contributed by atoms with Crippen molar-refractivity contribution in [3.05, 3.63) is 45.9 Å². The maximum Gasteiger partial charge on any atom is 0.360 e. The number of benzene rings is 1. The Morgan fingerprint density at radius 2 is 1.94 bits per heavy atom. The summed E-state index contributed by atoms with van der Waals surface area (Å²) in [5.74, 6) is 0. The van der Waals surface area contributed by atoms with Crippen molar-refractivity contribution in [1.82, 2.24) is 4.98 Å². The molecule has 3 nitrogen and oxygen atoms in total. The molecule has 0 radical (unpaired) electrons. The minimum Gasteiger partial charge on any atom is -0.421 e. The van der Waals surface area contributed by atoms with E-state index < -0.39 is 0 Å². The third-order valence-corrected chi connectivity index (χ3v) is 3.86. The highest BCUT2D eigenvalue weighted by Crippen LogP contribution is 2.32. The van der Waals surface area contributed by atoms with Crippen molar-refractivity contribution in [2.24, 2.45) is 0 Å². The Labute approximate surface area is 103 Å². The van der Waals surface area contributed by atoms with Gasteiger partial charge in [0.2, 0.25) is 0 Å². The van der Waals surface area contributed by atoms with Gasteiger partial charge in [-0.1, -0.05) is 18.2 Å². The molecule has 18 heavy (non-hydrogen) atoms. The summed E-state index contributed by atoms with van der Waals surface area (Å²) in [7, 11) is 0. The van der Waals surface area contributed by atoms with E-state index in [0.717, 1.165) is 23.6 Å². The number of aryl methyl sites for hydroxylation is 2. The van der Waals surface area contributed by atoms with Crippen molar-refractivity contribution >= 4 is 21.9 Å². The van der Waals surface area contributed by atoms with Crippen LogP contribution in [0.25, 0.3) is 21.9 Å². The molecule has 2 aromatic heterocycles. The van der Waals surface area contributed by atoms with Gasteiger partial charge in [0.25, 0.3) is 0 Å². The first-order valence-corrected chi connectivity index (χ1v) is 6.40. The number of H-pyrrole nitrogens is 1. The summed E-state index contributed by atoms with van der Waals surface area (Å²) in [5, 5.41) is 2.13. The van der Waals surface area contributed by atoms with Gasteiger partial charge in [0, 0.05) is 16.5 Å². The van der Waals surface area contributed by atoms with Crippen molar-refractivity contribution in [2.45, 2.75) is 25.7 Å². The summed E-state index contributed by atoms with van der Waals surface area (Å²) in [6, 6.07) is 7.78. The molecule has 1 aromatic carbocycles. The van der Waals surface area contributed by atoms with E-state index in [1.54, 1.807) is 0 Å². The molecule has 0 aliphatic heterocycles. The zero-order valence-electron chi connectivity index (χ0n) is 9.95. The smallest absolute Gasteiger partial charge is 0.360 e. The van der Waals surface area contributed by atoms with Crippen LogP contribution in [0.4, 0.5) is 0 Å². The zero-order chi connectivity index (χ0) is 12.1. The fraction of sp³-hybridized carbons (Fsp3) is 0.267. The van der Waals surface area contributed by atoms with E-state index >= 15 is 0 Å². The van der Waals surface area contributed by atoms with E-state index in [1.165, 1.54) is 24.1 Å². The highest BCUT2D eigenvalue weighted by atomic mass is 16.4. The predicted octanol–water partition coefficient (Wildman–Crippen LogP) is 3.15. The Hall–Kier alpha value is -2.03. The molecule has 3 heteroatoms. The number of hydrogen-bond acceptors (Lipinski definition) is 2. The first-order chi connectivity index (χ1) is 8.84. The van der Waals surface area contributed by atoms with Gasteiger partial charge < -0.3 is 9.40 Å². The summed E-state index contributed by atoms with van der Waals surface area (Å²) in [5.41, 5.74) is 3.61. The normalized spacial score (nSPS) is 15.1. The van der Waals surface area contributed by atoms with Crippen molar-refractivity contribution in [3.8, 4) is 0 Å². The fourth-order valence-corrected chi connectivity index (χ4v) is 3.05. The Kier molecular flexibility index (Phi) is 1.92. The largest absolute Gasteiger partial charge is 0.421 e. The molecule has 0 saturated carbocycles. The highest BCUT2D eigenvalue weighted by molar-refractivity contribution is 6.05. The molecule has 1 N–H and O–H groups in total. The quantitative estimate of drug-likeness (QED) is 0.612. The molecule has 4 rings (SSSR count). The van der Waals surface area contributed by atoms with Crippen LogP contribution < -0.4 is 5.63 Å². The summed E-state index contributed by atoms with van der Waals surface area (Å²) in [6.07, 6.45) is 4.50. The molecule has 0 spiro atoms. The molecule has 0 amide bonds. The number of para-hydroxylation sites is 1. The van der Waals surface area contributed by atoms with E-state index in [4.69, 9.17) is 4.42 Å². The second-order valence-corrected chi connectivity index (χ2v) is 4.92. The van der Waals surface area contributed by atoms with E-state index in [-0.39, 0.29) is 5.63 Å². The number of aromatic nitrogens is 1. The Bertz CT molecular complexity index is 810. The molecular weight excluding hydrogens is 226 g/mol. The lowest BCUT2D eigenvalue weighted by atomic mass is 9.94. The van der Waals surface area contributed by atoms with Crippen LogP contribution in [0.1, 0.15) is 24.1 Å². The number of hydrogen-bond donors (Lipinski definition) is 1. The lowest BCUT2D eigenvalue weighted by Gasteiger charge is -2.10. The number of rotatable bonds is 0. The molecular formula is C15H13NO2. The molecule has 1 aliphatic carbocycles. The van der Waals surface area contributed by atoms with Gasteiger partial charge in [-0.2, -0.15) is 0 Å². The van der Waals surface area contributed by atoms with Crippen LogP contribution in [-0.4, -0.2) is 4.98 Å². The van der Waals surface area contributed by atoms with Crippen LogP contribution in [-0.2, 0) is 12.8 Å². The molecule has 3 aromatic rings. The van der Waals surface area contributed by atoms with Crippen molar-refractivity contribution < 1.29 is 4.42 Å². The zero-order valence-corrected chi connectivity index (χ0v) is 9.95. The van der Waals surface area contributed by atoms with Gasteiger partial charge in [0.15, 0.2) is 0 Å². The van der Waals surface area contributed by atoms with Crippen LogP contribution in [0.5, 0.6) is 0 Å². The summed E-state index contributed by atoms with van der Waals surface area (Å²) < 4.78 is 5.37. The third kappa shape index (κ3) is 1.22. The topological polar surface area (TPSA) is 46.0 Å². The van der Waals surface area contributed by atoms with E-state index in [0.29, 0.717) is 11.1 Å². The molecule has 0 atom stereocenters.